The maximum absolute atomic E-state index is 12.8. The molecule has 0 saturated carbocycles. The van der Waals surface area contributed by atoms with Crippen molar-refractivity contribution in [3.05, 3.63) is 39.9 Å². The summed E-state index contributed by atoms with van der Waals surface area (Å²) in [5, 5.41) is 5.73. The zero-order valence-electron chi connectivity index (χ0n) is 15.0. The van der Waals surface area contributed by atoms with E-state index in [-0.39, 0.29) is 23.9 Å². The summed E-state index contributed by atoms with van der Waals surface area (Å²) in [6.07, 6.45) is 5.06. The topological polar surface area (TPSA) is 93.1 Å². The van der Waals surface area contributed by atoms with Gasteiger partial charge >= 0.3 is 0 Å². The zero-order valence-corrected chi connectivity index (χ0v) is 15.0. The molecule has 2 heterocycles. The van der Waals surface area contributed by atoms with E-state index < -0.39 is 0 Å². The lowest BCUT2D eigenvalue weighted by Gasteiger charge is -2.16. The number of fused-ring (bicyclic) bond motifs is 2. The largest absolute Gasteiger partial charge is 0.355 e. The smallest absolute Gasteiger partial charge is 0.261 e. The van der Waals surface area contributed by atoms with E-state index in [1.165, 1.54) is 0 Å². The Kier molecular flexibility index (Phi) is 5.65. The number of nitrogens with zero attached hydrogens (tertiary/aromatic N) is 2. The lowest BCUT2D eigenvalue weighted by molar-refractivity contribution is -0.120. The van der Waals surface area contributed by atoms with Gasteiger partial charge in [-0.1, -0.05) is 12.8 Å². The first-order valence-corrected chi connectivity index (χ1v) is 9.18. The van der Waals surface area contributed by atoms with E-state index in [1.807, 2.05) is 6.92 Å². The van der Waals surface area contributed by atoms with Crippen LogP contribution in [0.2, 0.25) is 0 Å². The van der Waals surface area contributed by atoms with Crippen LogP contribution in [0.5, 0.6) is 0 Å². The summed E-state index contributed by atoms with van der Waals surface area (Å²) < 4.78 is 1.77. The van der Waals surface area contributed by atoms with E-state index in [1.54, 1.807) is 22.8 Å². The quantitative estimate of drug-likeness (QED) is 0.865. The predicted molar refractivity (Wildman–Crippen MR) is 99.2 cm³/mol. The third-order valence-corrected chi connectivity index (χ3v) is 4.61. The molecule has 0 atom stereocenters. The Labute approximate surface area is 151 Å². The van der Waals surface area contributed by atoms with Gasteiger partial charge in [0.15, 0.2) is 0 Å². The van der Waals surface area contributed by atoms with Crippen molar-refractivity contribution in [2.45, 2.75) is 45.6 Å². The van der Waals surface area contributed by atoms with Crippen molar-refractivity contribution in [3.8, 4) is 0 Å². The minimum Gasteiger partial charge on any atom is -0.355 e. The fraction of sp³-hybridized carbons (Fsp3) is 0.474. The minimum absolute atomic E-state index is 0.0406. The lowest BCUT2D eigenvalue weighted by Crippen LogP contribution is -2.36. The van der Waals surface area contributed by atoms with Crippen LogP contribution in [-0.4, -0.2) is 34.5 Å². The van der Waals surface area contributed by atoms with E-state index in [2.05, 4.69) is 15.6 Å². The Hall–Kier alpha value is -2.70. The first-order chi connectivity index (χ1) is 12.6. The molecule has 2 aromatic rings. The van der Waals surface area contributed by atoms with Gasteiger partial charge in [-0.2, -0.15) is 0 Å². The molecule has 0 fully saturated rings. The van der Waals surface area contributed by atoms with Crippen LogP contribution in [0, 0.1) is 0 Å². The van der Waals surface area contributed by atoms with Crippen molar-refractivity contribution in [2.24, 2.45) is 0 Å². The molecule has 1 aliphatic heterocycles. The van der Waals surface area contributed by atoms with Gasteiger partial charge < -0.3 is 10.6 Å². The van der Waals surface area contributed by atoms with Crippen molar-refractivity contribution < 1.29 is 9.59 Å². The van der Waals surface area contributed by atoms with Crippen LogP contribution in [0.1, 0.15) is 48.8 Å². The van der Waals surface area contributed by atoms with E-state index >= 15 is 0 Å². The molecular formula is C19H24N4O3. The van der Waals surface area contributed by atoms with Crippen LogP contribution in [0.25, 0.3) is 10.9 Å². The second-order valence-electron chi connectivity index (χ2n) is 6.52. The number of hydrogen-bond acceptors (Lipinski definition) is 4. The summed E-state index contributed by atoms with van der Waals surface area (Å²) in [6.45, 7) is 2.96. The molecule has 0 spiro atoms. The summed E-state index contributed by atoms with van der Waals surface area (Å²) in [5.74, 6) is 0.202. The highest BCUT2D eigenvalue weighted by Crippen LogP contribution is 2.16. The summed E-state index contributed by atoms with van der Waals surface area (Å²) in [4.78, 5) is 41.2. The van der Waals surface area contributed by atoms with Gasteiger partial charge in [0, 0.05) is 25.1 Å². The highest BCUT2D eigenvalue weighted by Gasteiger charge is 2.15. The average Bonchev–Trinajstić information content (AvgIpc) is 2.61. The minimum atomic E-state index is -0.355. The number of likely N-dealkylation sites (N-methyl/N-ethyl adjacent to an activating group) is 1. The molecule has 1 aliphatic rings. The van der Waals surface area contributed by atoms with Gasteiger partial charge in [0.25, 0.3) is 11.5 Å². The molecule has 1 aromatic heterocycles. The fourth-order valence-electron chi connectivity index (χ4n) is 3.26. The molecule has 0 aliphatic carbocycles. The molecule has 0 bridgehead atoms. The van der Waals surface area contributed by atoms with Crippen LogP contribution in [0.15, 0.2) is 23.0 Å². The van der Waals surface area contributed by atoms with Crippen molar-refractivity contribution in [1.82, 2.24) is 20.2 Å². The van der Waals surface area contributed by atoms with Crippen molar-refractivity contribution in [1.29, 1.82) is 0 Å². The summed E-state index contributed by atoms with van der Waals surface area (Å²) in [7, 11) is 0. The van der Waals surface area contributed by atoms with E-state index in [0.29, 0.717) is 29.6 Å². The molecule has 0 unspecified atom stereocenters. The van der Waals surface area contributed by atoms with Gasteiger partial charge in [0.05, 0.1) is 17.4 Å². The van der Waals surface area contributed by atoms with Gasteiger partial charge in [-0.3, -0.25) is 19.0 Å². The number of rotatable bonds is 4. The van der Waals surface area contributed by atoms with Crippen LogP contribution in [0.4, 0.5) is 0 Å². The van der Waals surface area contributed by atoms with Crippen LogP contribution < -0.4 is 16.2 Å². The third kappa shape index (κ3) is 3.92. The first-order valence-electron chi connectivity index (χ1n) is 9.18. The van der Waals surface area contributed by atoms with Gasteiger partial charge in [-0.05, 0) is 38.0 Å². The standard InChI is InChI=1S/C19H24N4O3/c1-2-20-17(24)12-21-18(25)13-8-9-14-15(11-13)22-16-7-5-3-4-6-10-23(16)19(14)26/h8-9,11H,2-7,10,12H2,1H3,(H,20,24)(H,21,25). The Morgan fingerprint density at radius 2 is 1.96 bits per heavy atom. The molecule has 1 aromatic carbocycles. The molecule has 0 saturated heterocycles. The number of carbonyl (C=O) groups excluding carboxylic acids is 2. The van der Waals surface area contributed by atoms with Crippen LogP contribution >= 0.6 is 0 Å². The highest BCUT2D eigenvalue weighted by molar-refractivity contribution is 5.99. The monoisotopic (exact) mass is 356 g/mol. The van der Waals surface area contributed by atoms with Gasteiger partial charge in [-0.25, -0.2) is 4.98 Å². The zero-order chi connectivity index (χ0) is 18.5. The summed E-state index contributed by atoms with van der Waals surface area (Å²) in [5.41, 5.74) is 0.887. The number of aryl methyl sites for hydroxylation is 1. The summed E-state index contributed by atoms with van der Waals surface area (Å²) in [6, 6.07) is 4.88. The van der Waals surface area contributed by atoms with Crippen molar-refractivity contribution >= 4 is 22.7 Å². The molecule has 7 nitrogen and oxygen atoms in total. The number of hydrogen-bond donors (Lipinski definition) is 2. The van der Waals surface area contributed by atoms with Crippen LogP contribution in [0.3, 0.4) is 0 Å². The second-order valence-corrected chi connectivity index (χ2v) is 6.52. The number of benzene rings is 1. The highest BCUT2D eigenvalue weighted by atomic mass is 16.2. The number of carbonyl (C=O) groups is 2. The Morgan fingerprint density at radius 3 is 2.77 bits per heavy atom. The van der Waals surface area contributed by atoms with Gasteiger partial charge in [-0.15, -0.1) is 0 Å². The Bertz CT molecular complexity index is 888. The molecule has 7 heteroatoms. The van der Waals surface area contributed by atoms with Gasteiger partial charge in [0.1, 0.15) is 5.82 Å². The molecule has 138 valence electrons. The summed E-state index contributed by atoms with van der Waals surface area (Å²) >= 11 is 0. The van der Waals surface area contributed by atoms with Crippen LogP contribution in [-0.2, 0) is 17.8 Å². The fourth-order valence-corrected chi connectivity index (χ4v) is 3.26. The number of aromatic nitrogens is 2. The lowest BCUT2D eigenvalue weighted by atomic mass is 10.1. The maximum Gasteiger partial charge on any atom is 0.261 e. The predicted octanol–water partition coefficient (Wildman–Crippen LogP) is 1.38. The SMILES string of the molecule is CCNC(=O)CNC(=O)c1ccc2c(=O)n3c(nc2c1)CCCCCC3. The van der Waals surface area contributed by atoms with Crippen molar-refractivity contribution in [3.63, 3.8) is 0 Å². The molecule has 2 amide bonds. The molecular weight excluding hydrogens is 332 g/mol. The second kappa shape index (κ2) is 8.12. The normalized spacial score (nSPS) is 14.2. The molecule has 26 heavy (non-hydrogen) atoms. The van der Waals surface area contributed by atoms with Gasteiger partial charge in [0.2, 0.25) is 5.91 Å². The number of amides is 2. The Balaban J connectivity index is 1.88. The van der Waals surface area contributed by atoms with E-state index in [9.17, 15) is 14.4 Å². The third-order valence-electron chi connectivity index (χ3n) is 4.61. The Morgan fingerprint density at radius 1 is 1.15 bits per heavy atom. The molecule has 2 N–H and O–H groups in total. The van der Waals surface area contributed by atoms with Crippen molar-refractivity contribution in [2.75, 3.05) is 13.1 Å². The van der Waals surface area contributed by atoms with E-state index in [0.717, 1.165) is 37.9 Å². The van der Waals surface area contributed by atoms with E-state index in [4.69, 9.17) is 0 Å². The maximum atomic E-state index is 12.8. The average molecular weight is 356 g/mol. The number of nitrogens with one attached hydrogen (secondary N) is 2. The molecule has 0 radical (unpaired) electrons. The molecule has 3 rings (SSSR count). The first kappa shape index (κ1) is 18.1.